The summed E-state index contributed by atoms with van der Waals surface area (Å²) in [4.78, 5) is 36.0. The lowest BCUT2D eigenvalue weighted by Gasteiger charge is -2.24. The summed E-state index contributed by atoms with van der Waals surface area (Å²) in [6.45, 7) is 4.40. The van der Waals surface area contributed by atoms with Crippen LogP contribution in [0.25, 0.3) is 11.1 Å². The van der Waals surface area contributed by atoms with Gasteiger partial charge < -0.3 is 25.2 Å². The van der Waals surface area contributed by atoms with Gasteiger partial charge in [-0.1, -0.05) is 62.4 Å². The smallest absolute Gasteiger partial charge is 0.407 e. The first-order chi connectivity index (χ1) is 16.8. The number of carboxylic acids is 1. The maximum atomic E-state index is 12.6. The fourth-order valence-corrected chi connectivity index (χ4v) is 4.72. The first-order valence-corrected chi connectivity index (χ1v) is 12.0. The van der Waals surface area contributed by atoms with Crippen LogP contribution in [0.1, 0.15) is 50.2 Å². The quantitative estimate of drug-likeness (QED) is 0.504. The number of carbonyl (C=O) groups is 3. The molecule has 1 saturated heterocycles. The Hall–Kier alpha value is -3.39. The third kappa shape index (κ3) is 5.65. The lowest BCUT2D eigenvalue weighted by atomic mass is 9.88. The van der Waals surface area contributed by atoms with Gasteiger partial charge in [-0.05, 0) is 41.5 Å². The lowest BCUT2D eigenvalue weighted by molar-refractivity contribution is -0.149. The van der Waals surface area contributed by atoms with Crippen molar-refractivity contribution in [2.45, 2.75) is 51.2 Å². The Labute approximate surface area is 205 Å². The number of benzene rings is 2. The molecule has 2 unspecified atom stereocenters. The van der Waals surface area contributed by atoms with Crippen LogP contribution < -0.4 is 10.6 Å². The molecular weight excluding hydrogens is 448 g/mol. The average molecular weight is 481 g/mol. The summed E-state index contributed by atoms with van der Waals surface area (Å²) in [5, 5.41) is 14.6. The summed E-state index contributed by atoms with van der Waals surface area (Å²) in [5.41, 5.74) is 3.93. The Balaban J connectivity index is 1.21. The number of carbonyl (C=O) groups excluding carboxylic acids is 2. The molecular formula is C27H32N2O6. The van der Waals surface area contributed by atoms with Crippen LogP contribution in [0.3, 0.4) is 0 Å². The van der Waals surface area contributed by atoms with E-state index in [1.807, 2.05) is 24.3 Å². The molecule has 35 heavy (non-hydrogen) atoms. The van der Waals surface area contributed by atoms with Crippen LogP contribution in [0.4, 0.5) is 4.79 Å². The number of nitrogens with one attached hydrogen (secondary N) is 2. The summed E-state index contributed by atoms with van der Waals surface area (Å²) in [6.07, 6.45) is -0.139. The Morgan fingerprint density at radius 1 is 1.00 bits per heavy atom. The van der Waals surface area contributed by atoms with Gasteiger partial charge in [-0.2, -0.15) is 0 Å². The number of hydrogen-bond donors (Lipinski definition) is 3. The highest BCUT2D eigenvalue weighted by molar-refractivity contribution is 5.82. The minimum absolute atomic E-state index is 0.00565. The molecule has 0 radical (unpaired) electrons. The van der Waals surface area contributed by atoms with Crippen molar-refractivity contribution in [3.63, 3.8) is 0 Å². The molecule has 8 nitrogen and oxygen atoms in total. The second kappa shape index (κ2) is 10.5. The van der Waals surface area contributed by atoms with Gasteiger partial charge in [0.15, 0.2) is 6.10 Å². The molecule has 0 saturated carbocycles. The average Bonchev–Trinajstić information content (AvgIpc) is 3.44. The number of alkyl carbamates (subject to hydrolysis) is 1. The molecule has 3 N–H and O–H groups in total. The fourth-order valence-electron chi connectivity index (χ4n) is 4.72. The van der Waals surface area contributed by atoms with Crippen molar-refractivity contribution < 1.29 is 29.0 Å². The zero-order valence-electron chi connectivity index (χ0n) is 20.1. The van der Waals surface area contributed by atoms with Crippen molar-refractivity contribution >= 4 is 18.0 Å². The van der Waals surface area contributed by atoms with Gasteiger partial charge in [-0.25, -0.2) is 9.59 Å². The molecule has 0 aromatic heterocycles. The normalized spacial score (nSPS) is 19.0. The second-order valence-electron chi connectivity index (χ2n) is 9.76. The number of hydrogen-bond acceptors (Lipinski definition) is 5. The predicted octanol–water partition coefficient (Wildman–Crippen LogP) is 3.69. The van der Waals surface area contributed by atoms with Crippen molar-refractivity contribution in [3.8, 4) is 11.1 Å². The molecule has 0 spiro atoms. The number of fused-ring (bicyclic) bond motifs is 3. The van der Waals surface area contributed by atoms with Crippen LogP contribution >= 0.6 is 0 Å². The van der Waals surface area contributed by atoms with Crippen molar-refractivity contribution in [1.82, 2.24) is 10.6 Å². The van der Waals surface area contributed by atoms with Crippen LogP contribution in [0.2, 0.25) is 0 Å². The number of amides is 2. The zero-order chi connectivity index (χ0) is 25.0. The SMILES string of the molecule is CC(C)(CCNC(=O)OCC1c2ccccc2-c2ccccc21)C(=O)NCC1CCC(C(=O)O)O1. The fraction of sp³-hybridized carbons (Fsp3) is 0.444. The zero-order valence-corrected chi connectivity index (χ0v) is 20.1. The van der Waals surface area contributed by atoms with Gasteiger partial charge in [0.2, 0.25) is 5.91 Å². The minimum atomic E-state index is -0.974. The summed E-state index contributed by atoms with van der Waals surface area (Å²) in [7, 11) is 0. The van der Waals surface area contributed by atoms with Gasteiger partial charge in [-0.15, -0.1) is 0 Å². The van der Waals surface area contributed by atoms with Crippen molar-refractivity contribution in [3.05, 3.63) is 59.7 Å². The Bertz CT molecular complexity index is 1050. The third-order valence-corrected chi connectivity index (χ3v) is 6.85. The molecule has 2 atom stereocenters. The monoisotopic (exact) mass is 480 g/mol. The third-order valence-electron chi connectivity index (χ3n) is 6.85. The van der Waals surface area contributed by atoms with E-state index in [-0.39, 0.29) is 37.6 Å². The molecule has 1 fully saturated rings. The highest BCUT2D eigenvalue weighted by atomic mass is 16.5. The highest BCUT2D eigenvalue weighted by Crippen LogP contribution is 2.44. The molecule has 8 heteroatoms. The first-order valence-electron chi connectivity index (χ1n) is 12.0. The molecule has 1 aliphatic heterocycles. The van der Waals surface area contributed by atoms with Crippen LogP contribution in [-0.4, -0.2) is 55.0 Å². The van der Waals surface area contributed by atoms with Gasteiger partial charge in [0, 0.05) is 24.4 Å². The predicted molar refractivity (Wildman–Crippen MR) is 130 cm³/mol. The Morgan fingerprint density at radius 3 is 2.23 bits per heavy atom. The van der Waals surface area contributed by atoms with E-state index in [2.05, 4.69) is 34.9 Å². The van der Waals surface area contributed by atoms with E-state index in [1.165, 1.54) is 11.1 Å². The van der Waals surface area contributed by atoms with E-state index < -0.39 is 23.6 Å². The molecule has 2 aromatic carbocycles. The van der Waals surface area contributed by atoms with Gasteiger partial charge in [-0.3, -0.25) is 4.79 Å². The largest absolute Gasteiger partial charge is 0.479 e. The number of carboxylic acid groups (broad SMARTS) is 1. The van der Waals surface area contributed by atoms with Gasteiger partial charge in [0.05, 0.1) is 6.10 Å². The summed E-state index contributed by atoms with van der Waals surface area (Å²) in [6, 6.07) is 16.3. The Kier molecular flexibility index (Phi) is 7.40. The molecule has 2 aromatic rings. The summed E-state index contributed by atoms with van der Waals surface area (Å²) < 4.78 is 11.0. The number of ether oxygens (including phenoxy) is 2. The first kappa shape index (κ1) is 24.7. The summed E-state index contributed by atoms with van der Waals surface area (Å²) in [5.74, 6) is -1.15. The van der Waals surface area contributed by atoms with E-state index in [9.17, 15) is 14.4 Å². The van der Waals surface area contributed by atoms with Crippen LogP contribution in [-0.2, 0) is 19.1 Å². The van der Waals surface area contributed by atoms with Gasteiger partial charge >= 0.3 is 12.1 Å². The van der Waals surface area contributed by atoms with Crippen molar-refractivity contribution in [1.29, 1.82) is 0 Å². The van der Waals surface area contributed by atoms with Gasteiger partial charge in [0.1, 0.15) is 6.61 Å². The maximum Gasteiger partial charge on any atom is 0.407 e. The topological polar surface area (TPSA) is 114 Å². The Morgan fingerprint density at radius 2 is 1.63 bits per heavy atom. The van der Waals surface area contributed by atoms with E-state index >= 15 is 0 Å². The lowest BCUT2D eigenvalue weighted by Crippen LogP contribution is -2.42. The summed E-state index contributed by atoms with van der Waals surface area (Å²) >= 11 is 0. The van der Waals surface area contributed by atoms with Crippen LogP contribution in [0.5, 0.6) is 0 Å². The van der Waals surface area contributed by atoms with E-state index in [0.29, 0.717) is 19.3 Å². The molecule has 1 aliphatic carbocycles. The molecule has 0 bridgehead atoms. The maximum absolute atomic E-state index is 12.6. The van der Waals surface area contributed by atoms with Crippen molar-refractivity contribution in [2.75, 3.05) is 19.7 Å². The van der Waals surface area contributed by atoms with E-state index in [4.69, 9.17) is 14.6 Å². The van der Waals surface area contributed by atoms with Gasteiger partial charge in [0.25, 0.3) is 0 Å². The van der Waals surface area contributed by atoms with Crippen molar-refractivity contribution in [2.24, 2.45) is 5.41 Å². The molecule has 1 heterocycles. The minimum Gasteiger partial charge on any atom is -0.479 e. The molecule has 186 valence electrons. The molecule has 4 rings (SSSR count). The standard InChI is InChI=1S/C27H32N2O6/c1-27(2,25(32)29-15-17-11-12-23(35-17)24(30)31)13-14-28-26(33)34-16-22-20-9-5-3-7-18(20)19-8-4-6-10-21(19)22/h3-10,17,22-23H,11-16H2,1-2H3,(H,28,33)(H,29,32)(H,30,31). The number of rotatable bonds is 9. The molecule has 2 aliphatic rings. The van der Waals surface area contributed by atoms with Crippen LogP contribution in [0.15, 0.2) is 48.5 Å². The highest BCUT2D eigenvalue weighted by Gasteiger charge is 2.33. The van der Waals surface area contributed by atoms with E-state index in [0.717, 1.165) is 11.1 Å². The molecule has 2 amide bonds. The van der Waals surface area contributed by atoms with Crippen LogP contribution in [0, 0.1) is 5.41 Å². The number of aliphatic carboxylic acids is 1. The van der Waals surface area contributed by atoms with E-state index in [1.54, 1.807) is 13.8 Å². The second-order valence-corrected chi connectivity index (χ2v) is 9.76.